The zero-order chi connectivity index (χ0) is 16.4. The third-order valence-corrected chi connectivity index (χ3v) is 5.48. The van der Waals surface area contributed by atoms with Crippen molar-refractivity contribution >= 4 is 26.6 Å². The summed E-state index contributed by atoms with van der Waals surface area (Å²) in [6.07, 6.45) is 2.63. The van der Waals surface area contributed by atoms with Crippen LogP contribution in [-0.2, 0) is 10.0 Å². The lowest BCUT2D eigenvalue weighted by molar-refractivity contribution is 0.601. The maximum Gasteiger partial charge on any atom is 0.261 e. The summed E-state index contributed by atoms with van der Waals surface area (Å²) >= 11 is 0. The van der Waals surface area contributed by atoms with Crippen LogP contribution in [0.2, 0.25) is 0 Å². The Morgan fingerprint density at radius 3 is 2.61 bits per heavy atom. The van der Waals surface area contributed by atoms with E-state index < -0.39 is 10.0 Å². The van der Waals surface area contributed by atoms with Crippen LogP contribution in [0.3, 0.4) is 0 Å². The van der Waals surface area contributed by atoms with Crippen molar-refractivity contribution in [1.82, 2.24) is 10.2 Å². The van der Waals surface area contributed by atoms with E-state index in [1.165, 1.54) is 0 Å². The fourth-order valence-electron chi connectivity index (χ4n) is 2.47. The van der Waals surface area contributed by atoms with Crippen molar-refractivity contribution in [2.24, 2.45) is 0 Å². The van der Waals surface area contributed by atoms with Crippen molar-refractivity contribution in [2.75, 3.05) is 4.72 Å². The molecule has 6 heteroatoms. The van der Waals surface area contributed by atoms with Crippen molar-refractivity contribution in [3.8, 4) is 0 Å². The molecular weight excluding hydrogens is 310 g/mol. The summed E-state index contributed by atoms with van der Waals surface area (Å²) in [4.78, 5) is 0.255. The van der Waals surface area contributed by atoms with Crippen molar-refractivity contribution in [2.45, 2.75) is 31.1 Å². The number of anilines is 1. The van der Waals surface area contributed by atoms with Gasteiger partial charge in [0, 0.05) is 5.39 Å². The molecule has 23 heavy (non-hydrogen) atoms. The van der Waals surface area contributed by atoms with E-state index >= 15 is 0 Å². The topological polar surface area (TPSA) is 74.8 Å². The van der Waals surface area contributed by atoms with Gasteiger partial charge >= 0.3 is 0 Å². The number of hydrogen-bond acceptors (Lipinski definition) is 3. The molecule has 3 aromatic rings. The molecule has 0 aliphatic rings. The van der Waals surface area contributed by atoms with Gasteiger partial charge in [0.25, 0.3) is 10.0 Å². The van der Waals surface area contributed by atoms with Gasteiger partial charge in [0.1, 0.15) is 0 Å². The van der Waals surface area contributed by atoms with Crippen LogP contribution in [-0.4, -0.2) is 18.6 Å². The van der Waals surface area contributed by atoms with E-state index in [2.05, 4.69) is 28.8 Å². The number of aromatic amines is 1. The molecule has 2 N–H and O–H groups in total. The minimum Gasteiger partial charge on any atom is -0.279 e. The third-order valence-electron chi connectivity index (χ3n) is 4.10. The molecule has 2 aromatic carbocycles. The average molecular weight is 329 g/mol. The maximum atomic E-state index is 12.6. The number of nitrogens with one attached hydrogen (secondary N) is 2. The lowest BCUT2D eigenvalue weighted by Gasteiger charge is -2.12. The summed E-state index contributed by atoms with van der Waals surface area (Å²) in [6.45, 7) is 4.24. The smallest absolute Gasteiger partial charge is 0.261 e. The molecule has 1 atom stereocenters. The Labute approximate surface area is 135 Å². The molecule has 0 saturated heterocycles. The molecule has 5 nitrogen and oxygen atoms in total. The van der Waals surface area contributed by atoms with E-state index in [1.54, 1.807) is 30.5 Å². The molecule has 1 aromatic heterocycles. The van der Waals surface area contributed by atoms with Gasteiger partial charge in [-0.2, -0.15) is 5.10 Å². The van der Waals surface area contributed by atoms with Crippen molar-refractivity contribution in [3.05, 3.63) is 54.2 Å². The summed E-state index contributed by atoms with van der Waals surface area (Å²) in [7, 11) is -3.62. The van der Waals surface area contributed by atoms with Gasteiger partial charge in [0.2, 0.25) is 0 Å². The van der Waals surface area contributed by atoms with Gasteiger partial charge in [-0.25, -0.2) is 8.42 Å². The number of hydrogen-bond donors (Lipinski definition) is 2. The molecule has 0 spiro atoms. The second-order valence-electron chi connectivity index (χ2n) is 5.62. The largest absolute Gasteiger partial charge is 0.279 e. The normalized spacial score (nSPS) is 13.1. The third kappa shape index (κ3) is 3.07. The van der Waals surface area contributed by atoms with Gasteiger partial charge in [-0.3, -0.25) is 9.82 Å². The minimum absolute atomic E-state index is 0.255. The number of rotatable bonds is 5. The highest BCUT2D eigenvalue weighted by molar-refractivity contribution is 7.92. The van der Waals surface area contributed by atoms with Crippen LogP contribution in [0.5, 0.6) is 0 Å². The van der Waals surface area contributed by atoms with Gasteiger partial charge in [0.15, 0.2) is 0 Å². The summed E-state index contributed by atoms with van der Waals surface area (Å²) in [6, 6.07) is 12.4. The Hall–Kier alpha value is -2.34. The molecule has 3 rings (SSSR count). The monoisotopic (exact) mass is 329 g/mol. The van der Waals surface area contributed by atoms with E-state index in [-0.39, 0.29) is 4.90 Å². The molecule has 0 radical (unpaired) electrons. The Balaban J connectivity index is 1.91. The van der Waals surface area contributed by atoms with Crippen LogP contribution in [0.1, 0.15) is 31.7 Å². The van der Waals surface area contributed by atoms with Gasteiger partial charge in [-0.1, -0.05) is 32.0 Å². The SMILES string of the molecule is CCC(C)c1ccc(S(=O)(=O)Nc2cccc3[nH]ncc23)cc1. The van der Waals surface area contributed by atoms with Gasteiger partial charge in [0.05, 0.1) is 22.3 Å². The second-order valence-corrected chi connectivity index (χ2v) is 7.30. The lowest BCUT2D eigenvalue weighted by Crippen LogP contribution is -2.13. The van der Waals surface area contributed by atoms with Crippen LogP contribution in [0.25, 0.3) is 10.9 Å². The van der Waals surface area contributed by atoms with Crippen molar-refractivity contribution in [3.63, 3.8) is 0 Å². The van der Waals surface area contributed by atoms with E-state index in [4.69, 9.17) is 0 Å². The predicted molar refractivity (Wildman–Crippen MR) is 92.1 cm³/mol. The lowest BCUT2D eigenvalue weighted by atomic mass is 9.99. The highest BCUT2D eigenvalue weighted by atomic mass is 32.2. The van der Waals surface area contributed by atoms with Crippen LogP contribution < -0.4 is 4.72 Å². The molecular formula is C17H19N3O2S. The number of H-pyrrole nitrogens is 1. The average Bonchev–Trinajstić information content (AvgIpc) is 3.04. The first-order valence-corrected chi connectivity index (χ1v) is 9.04. The molecule has 1 heterocycles. The standard InChI is InChI=1S/C17H19N3O2S/c1-3-12(2)13-7-9-14(10-8-13)23(21,22)20-17-6-4-5-16-15(17)11-18-19-16/h4-12,20H,3H2,1-2H3,(H,18,19). The number of benzene rings is 2. The molecule has 0 bridgehead atoms. The number of sulfonamides is 1. The summed E-state index contributed by atoms with van der Waals surface area (Å²) < 4.78 is 27.8. The van der Waals surface area contributed by atoms with Gasteiger partial charge < -0.3 is 0 Å². The fourth-order valence-corrected chi connectivity index (χ4v) is 3.55. The Bertz CT molecular complexity index is 914. The second kappa shape index (κ2) is 6.04. The summed E-state index contributed by atoms with van der Waals surface area (Å²) in [5, 5.41) is 7.52. The molecule has 1 unspecified atom stereocenters. The highest BCUT2D eigenvalue weighted by Crippen LogP contribution is 2.25. The maximum absolute atomic E-state index is 12.6. The van der Waals surface area contributed by atoms with Crippen LogP contribution in [0.15, 0.2) is 53.6 Å². The van der Waals surface area contributed by atoms with Crippen molar-refractivity contribution in [1.29, 1.82) is 0 Å². The summed E-state index contributed by atoms with van der Waals surface area (Å²) in [5.41, 5.74) is 2.45. The first-order chi connectivity index (χ1) is 11.0. The van der Waals surface area contributed by atoms with E-state index in [1.807, 2.05) is 18.2 Å². The predicted octanol–water partition coefficient (Wildman–Crippen LogP) is 3.88. The van der Waals surface area contributed by atoms with E-state index in [0.717, 1.165) is 22.9 Å². The summed E-state index contributed by atoms with van der Waals surface area (Å²) in [5.74, 6) is 0.416. The number of nitrogens with zero attached hydrogens (tertiary/aromatic N) is 1. The van der Waals surface area contributed by atoms with E-state index in [9.17, 15) is 8.42 Å². The van der Waals surface area contributed by atoms with Gasteiger partial charge in [-0.15, -0.1) is 0 Å². The van der Waals surface area contributed by atoms with Crippen LogP contribution >= 0.6 is 0 Å². The number of fused-ring (bicyclic) bond motifs is 1. The zero-order valence-corrected chi connectivity index (χ0v) is 13.9. The minimum atomic E-state index is -3.62. The first-order valence-electron chi connectivity index (χ1n) is 7.56. The highest BCUT2D eigenvalue weighted by Gasteiger charge is 2.16. The molecule has 0 saturated carbocycles. The molecule has 120 valence electrons. The van der Waals surface area contributed by atoms with Crippen LogP contribution in [0, 0.1) is 0 Å². The van der Waals surface area contributed by atoms with Crippen molar-refractivity contribution < 1.29 is 8.42 Å². The zero-order valence-electron chi connectivity index (χ0n) is 13.1. The Morgan fingerprint density at radius 1 is 1.17 bits per heavy atom. The Morgan fingerprint density at radius 2 is 1.91 bits per heavy atom. The molecule has 0 fully saturated rings. The fraction of sp³-hybridized carbons (Fsp3) is 0.235. The quantitative estimate of drug-likeness (QED) is 0.746. The number of aromatic nitrogens is 2. The Kier molecular flexibility index (Phi) is 4.09. The molecule has 0 aliphatic heterocycles. The van der Waals surface area contributed by atoms with E-state index in [0.29, 0.717) is 11.6 Å². The first kappa shape index (κ1) is 15.6. The van der Waals surface area contributed by atoms with Gasteiger partial charge in [-0.05, 0) is 42.2 Å². The molecule has 0 amide bonds. The van der Waals surface area contributed by atoms with Crippen LogP contribution in [0.4, 0.5) is 5.69 Å². The molecule has 0 aliphatic carbocycles.